The molecule has 6 heteroatoms. The smallest absolute Gasteiger partial charge is 0.191 e. The lowest BCUT2D eigenvalue weighted by Crippen LogP contribution is -2.57. The molecule has 2 atom stereocenters. The fourth-order valence-electron chi connectivity index (χ4n) is 4.06. The number of nitrogens with two attached hydrogens (primary N) is 1. The highest BCUT2D eigenvalue weighted by molar-refractivity contribution is 14.0. The summed E-state index contributed by atoms with van der Waals surface area (Å²) in [5.74, 6) is 0.708. The summed E-state index contributed by atoms with van der Waals surface area (Å²) in [6, 6.07) is 0.365. The lowest BCUT2D eigenvalue weighted by atomic mass is 9.61. The Bertz CT molecular complexity index is 366. The van der Waals surface area contributed by atoms with Gasteiger partial charge in [-0.25, -0.2) is 4.99 Å². The van der Waals surface area contributed by atoms with Gasteiger partial charge in [0, 0.05) is 25.1 Å². The van der Waals surface area contributed by atoms with Gasteiger partial charge in [0.15, 0.2) is 5.96 Å². The minimum Gasteiger partial charge on any atom is -0.378 e. The Morgan fingerprint density at radius 1 is 1.33 bits per heavy atom. The third-order valence-electron chi connectivity index (χ3n) is 5.27. The van der Waals surface area contributed by atoms with Crippen molar-refractivity contribution in [3.8, 4) is 0 Å². The Morgan fingerprint density at radius 2 is 2.00 bits per heavy atom. The van der Waals surface area contributed by atoms with Crippen LogP contribution in [0.5, 0.6) is 0 Å². The number of morpholine rings is 1. The molecule has 5 nitrogen and oxygen atoms in total. The summed E-state index contributed by atoms with van der Waals surface area (Å²) in [4.78, 5) is 7.01. The molecule has 2 unspecified atom stereocenters. The largest absolute Gasteiger partial charge is 0.378 e. The molecule has 21 heavy (non-hydrogen) atoms. The van der Waals surface area contributed by atoms with Gasteiger partial charge >= 0.3 is 0 Å². The van der Waals surface area contributed by atoms with Crippen molar-refractivity contribution in [3.05, 3.63) is 0 Å². The van der Waals surface area contributed by atoms with Gasteiger partial charge in [0.2, 0.25) is 0 Å². The number of hydrogen-bond donors (Lipinski definition) is 1. The van der Waals surface area contributed by atoms with E-state index in [1.165, 1.54) is 25.7 Å². The molecule has 1 heterocycles. The number of nitrogens with zero attached hydrogens (tertiary/aromatic N) is 2. The van der Waals surface area contributed by atoms with Crippen LogP contribution in [0.3, 0.4) is 0 Å². The molecule has 122 valence electrons. The number of rotatable bonds is 3. The first-order chi connectivity index (χ1) is 9.76. The molecular formula is C15H28IN3O2. The van der Waals surface area contributed by atoms with Crippen molar-refractivity contribution in [1.29, 1.82) is 0 Å². The molecule has 3 rings (SSSR count). The maximum Gasteiger partial charge on any atom is 0.191 e. The molecule has 0 aromatic carbocycles. The van der Waals surface area contributed by atoms with Crippen LogP contribution in [0.4, 0.5) is 0 Å². The van der Waals surface area contributed by atoms with Crippen molar-refractivity contribution in [2.45, 2.75) is 51.2 Å². The van der Waals surface area contributed by atoms with Gasteiger partial charge in [-0.05, 0) is 26.2 Å². The summed E-state index contributed by atoms with van der Waals surface area (Å²) >= 11 is 0. The Morgan fingerprint density at radius 3 is 2.62 bits per heavy atom. The third-order valence-corrected chi connectivity index (χ3v) is 5.27. The van der Waals surface area contributed by atoms with Crippen LogP contribution in [0.15, 0.2) is 4.99 Å². The van der Waals surface area contributed by atoms with Crippen LogP contribution in [0.2, 0.25) is 0 Å². The molecule has 1 aliphatic heterocycles. The number of aliphatic imine (C=N–C) groups is 1. The molecule has 3 aliphatic rings. The van der Waals surface area contributed by atoms with E-state index in [9.17, 15) is 0 Å². The van der Waals surface area contributed by atoms with E-state index in [4.69, 9.17) is 20.2 Å². The molecule has 0 aromatic rings. The van der Waals surface area contributed by atoms with Crippen molar-refractivity contribution in [2.24, 2.45) is 16.1 Å². The van der Waals surface area contributed by atoms with Crippen LogP contribution in [0, 0.1) is 5.41 Å². The predicted molar refractivity (Wildman–Crippen MR) is 94.1 cm³/mol. The Hall–Kier alpha value is -0.0800. The summed E-state index contributed by atoms with van der Waals surface area (Å²) in [6.45, 7) is 6.14. The normalized spacial score (nSPS) is 31.9. The second-order valence-electron chi connectivity index (χ2n) is 6.22. The first-order valence-corrected chi connectivity index (χ1v) is 8.04. The van der Waals surface area contributed by atoms with Crippen molar-refractivity contribution in [2.75, 3.05) is 32.9 Å². The number of ether oxygens (including phenoxy) is 2. The summed E-state index contributed by atoms with van der Waals surface area (Å²) in [6.07, 6.45) is 6.57. The molecule has 0 aromatic heterocycles. The second-order valence-corrected chi connectivity index (χ2v) is 6.22. The van der Waals surface area contributed by atoms with E-state index in [0.29, 0.717) is 18.1 Å². The molecule has 0 amide bonds. The highest BCUT2D eigenvalue weighted by Gasteiger charge is 2.57. The standard InChI is InChI=1S/C15H27N3O2.HI/c1-2-20-13-11-12(15(13)5-3-4-6-15)17-14(16)18-7-9-19-10-8-18;/h12-13H,2-11H2,1H3,(H2,16,17);1H. The van der Waals surface area contributed by atoms with Crippen molar-refractivity contribution in [1.82, 2.24) is 4.90 Å². The SMILES string of the molecule is CCOC1CC(N=C(N)N2CCOCC2)C12CCCC2.I. The van der Waals surface area contributed by atoms with Crippen LogP contribution < -0.4 is 5.73 Å². The molecule has 1 saturated heterocycles. The number of hydrogen-bond acceptors (Lipinski definition) is 3. The van der Waals surface area contributed by atoms with Gasteiger partial charge in [-0.15, -0.1) is 24.0 Å². The minimum atomic E-state index is 0. The van der Waals surface area contributed by atoms with Crippen LogP contribution in [-0.2, 0) is 9.47 Å². The molecule has 2 saturated carbocycles. The molecule has 3 fully saturated rings. The van der Waals surface area contributed by atoms with Crippen LogP contribution >= 0.6 is 24.0 Å². The zero-order chi connectivity index (χ0) is 14.0. The van der Waals surface area contributed by atoms with Crippen molar-refractivity contribution >= 4 is 29.9 Å². The quantitative estimate of drug-likeness (QED) is 0.440. The van der Waals surface area contributed by atoms with Gasteiger partial charge in [-0.1, -0.05) is 12.8 Å². The fraction of sp³-hybridized carbons (Fsp3) is 0.933. The Kier molecular flexibility index (Phi) is 6.14. The van der Waals surface area contributed by atoms with Crippen LogP contribution in [0.25, 0.3) is 0 Å². The summed E-state index contributed by atoms with van der Waals surface area (Å²) < 4.78 is 11.3. The molecule has 0 radical (unpaired) electrons. The van der Waals surface area contributed by atoms with E-state index >= 15 is 0 Å². The van der Waals surface area contributed by atoms with Crippen molar-refractivity contribution < 1.29 is 9.47 Å². The van der Waals surface area contributed by atoms with Gasteiger partial charge in [-0.3, -0.25) is 0 Å². The Labute approximate surface area is 144 Å². The monoisotopic (exact) mass is 409 g/mol. The van der Waals surface area contributed by atoms with E-state index in [1.807, 2.05) is 0 Å². The van der Waals surface area contributed by atoms with Gasteiger partial charge in [0.25, 0.3) is 0 Å². The highest BCUT2D eigenvalue weighted by Crippen LogP contribution is 2.56. The maximum atomic E-state index is 6.21. The fourth-order valence-corrected chi connectivity index (χ4v) is 4.06. The topological polar surface area (TPSA) is 60.1 Å². The maximum absolute atomic E-state index is 6.21. The number of guanidine groups is 1. The van der Waals surface area contributed by atoms with Crippen LogP contribution in [0.1, 0.15) is 39.0 Å². The first-order valence-electron chi connectivity index (χ1n) is 8.04. The van der Waals surface area contributed by atoms with Crippen molar-refractivity contribution in [3.63, 3.8) is 0 Å². The summed E-state index contributed by atoms with van der Waals surface area (Å²) in [7, 11) is 0. The number of halogens is 1. The van der Waals surface area contributed by atoms with E-state index < -0.39 is 0 Å². The van der Waals surface area contributed by atoms with Gasteiger partial charge in [0.05, 0.1) is 25.4 Å². The van der Waals surface area contributed by atoms with Gasteiger partial charge in [0.1, 0.15) is 0 Å². The molecule has 2 N–H and O–H groups in total. The lowest BCUT2D eigenvalue weighted by Gasteiger charge is -2.52. The predicted octanol–water partition coefficient (Wildman–Crippen LogP) is 1.99. The minimum absolute atomic E-state index is 0. The van der Waals surface area contributed by atoms with Gasteiger partial charge in [-0.2, -0.15) is 0 Å². The zero-order valence-electron chi connectivity index (χ0n) is 12.9. The van der Waals surface area contributed by atoms with Crippen LogP contribution in [-0.4, -0.2) is 55.9 Å². The van der Waals surface area contributed by atoms with E-state index in [1.54, 1.807) is 0 Å². The first kappa shape index (κ1) is 17.3. The average Bonchev–Trinajstić information content (AvgIpc) is 2.99. The molecular weight excluding hydrogens is 381 g/mol. The molecule has 1 spiro atoms. The molecule has 2 aliphatic carbocycles. The van der Waals surface area contributed by atoms with E-state index in [-0.39, 0.29) is 29.4 Å². The van der Waals surface area contributed by atoms with E-state index in [2.05, 4.69) is 11.8 Å². The summed E-state index contributed by atoms with van der Waals surface area (Å²) in [5, 5.41) is 0. The zero-order valence-corrected chi connectivity index (χ0v) is 15.3. The van der Waals surface area contributed by atoms with E-state index in [0.717, 1.165) is 39.3 Å². The summed E-state index contributed by atoms with van der Waals surface area (Å²) in [5.41, 5.74) is 6.49. The average molecular weight is 409 g/mol. The molecule has 0 bridgehead atoms. The lowest BCUT2D eigenvalue weighted by molar-refractivity contribution is -0.119. The second kappa shape index (κ2) is 7.46. The Balaban J connectivity index is 0.00000161. The van der Waals surface area contributed by atoms with Gasteiger partial charge < -0.3 is 20.1 Å². The highest BCUT2D eigenvalue weighted by atomic mass is 127. The third kappa shape index (κ3) is 3.32.